The maximum atomic E-state index is 11.2. The summed E-state index contributed by atoms with van der Waals surface area (Å²) in [5.41, 5.74) is 1.84. The SMILES string of the molecule is CC(=O)c1n[nH]nc1-c1ccc(Br)cc1. The minimum atomic E-state index is -0.0957. The topological polar surface area (TPSA) is 58.6 Å². The number of aromatic amines is 1. The standard InChI is InChI=1S/C10H8BrN3O/c1-6(15)9-10(13-14-12-9)7-2-4-8(11)5-3-7/h2-5H,1H3,(H,12,13,14). The summed E-state index contributed by atoms with van der Waals surface area (Å²) in [5, 5.41) is 10.2. The molecule has 1 N–H and O–H groups in total. The van der Waals surface area contributed by atoms with E-state index < -0.39 is 0 Å². The number of aromatic nitrogens is 3. The molecule has 1 aromatic heterocycles. The Balaban J connectivity index is 2.49. The Morgan fingerprint density at radius 3 is 2.53 bits per heavy atom. The van der Waals surface area contributed by atoms with Crippen LogP contribution in [0.25, 0.3) is 11.3 Å². The molecule has 0 spiro atoms. The van der Waals surface area contributed by atoms with Crippen molar-refractivity contribution in [3.05, 3.63) is 34.4 Å². The molecule has 4 nitrogen and oxygen atoms in total. The lowest BCUT2D eigenvalue weighted by Gasteiger charge is -1.97. The van der Waals surface area contributed by atoms with Gasteiger partial charge >= 0.3 is 0 Å². The van der Waals surface area contributed by atoms with Gasteiger partial charge in [0.1, 0.15) is 5.69 Å². The smallest absolute Gasteiger partial charge is 0.182 e. The Bertz CT molecular complexity index is 490. The van der Waals surface area contributed by atoms with Crippen LogP contribution in [0.5, 0.6) is 0 Å². The molecule has 1 aromatic carbocycles. The van der Waals surface area contributed by atoms with E-state index in [0.717, 1.165) is 10.0 Å². The summed E-state index contributed by atoms with van der Waals surface area (Å²) in [6.45, 7) is 1.47. The zero-order valence-electron chi connectivity index (χ0n) is 7.99. The Labute approximate surface area is 94.8 Å². The molecule has 2 rings (SSSR count). The number of carbonyl (C=O) groups excluding carboxylic acids is 1. The zero-order chi connectivity index (χ0) is 10.8. The number of benzene rings is 1. The molecule has 0 saturated carbocycles. The van der Waals surface area contributed by atoms with E-state index in [9.17, 15) is 4.79 Å². The molecule has 5 heteroatoms. The van der Waals surface area contributed by atoms with Crippen LogP contribution in [0.1, 0.15) is 17.4 Å². The maximum Gasteiger partial charge on any atom is 0.182 e. The van der Waals surface area contributed by atoms with Crippen molar-refractivity contribution in [1.82, 2.24) is 15.4 Å². The second-order valence-electron chi connectivity index (χ2n) is 3.08. The first-order chi connectivity index (χ1) is 7.18. The van der Waals surface area contributed by atoms with Crippen LogP contribution in [0, 0.1) is 0 Å². The first-order valence-corrected chi connectivity index (χ1v) is 5.15. The normalized spacial score (nSPS) is 10.3. The summed E-state index contributed by atoms with van der Waals surface area (Å²) in [6, 6.07) is 7.56. The van der Waals surface area contributed by atoms with E-state index in [-0.39, 0.29) is 5.78 Å². The summed E-state index contributed by atoms with van der Waals surface area (Å²) >= 11 is 3.35. The van der Waals surface area contributed by atoms with E-state index in [0.29, 0.717) is 11.4 Å². The first-order valence-electron chi connectivity index (χ1n) is 4.36. The van der Waals surface area contributed by atoms with Gasteiger partial charge in [0.05, 0.1) is 0 Å². The van der Waals surface area contributed by atoms with Crippen molar-refractivity contribution in [2.75, 3.05) is 0 Å². The number of carbonyl (C=O) groups is 1. The highest BCUT2D eigenvalue weighted by atomic mass is 79.9. The number of H-pyrrole nitrogens is 1. The summed E-state index contributed by atoms with van der Waals surface area (Å²) in [4.78, 5) is 11.2. The Hall–Kier alpha value is -1.49. The molecule has 0 fully saturated rings. The van der Waals surface area contributed by atoms with Crippen molar-refractivity contribution in [1.29, 1.82) is 0 Å². The average molecular weight is 266 g/mol. The molecule has 1 heterocycles. The largest absolute Gasteiger partial charge is 0.293 e. The fraction of sp³-hybridized carbons (Fsp3) is 0.100. The predicted molar refractivity (Wildman–Crippen MR) is 59.5 cm³/mol. The second-order valence-corrected chi connectivity index (χ2v) is 4.00. The van der Waals surface area contributed by atoms with Crippen molar-refractivity contribution < 1.29 is 4.79 Å². The van der Waals surface area contributed by atoms with E-state index in [4.69, 9.17) is 0 Å². The molecule has 0 atom stereocenters. The third kappa shape index (κ3) is 1.97. The molecular formula is C10H8BrN3O. The Kier molecular flexibility index (Phi) is 2.64. The number of nitrogens with one attached hydrogen (secondary N) is 1. The lowest BCUT2D eigenvalue weighted by molar-refractivity contribution is 0.101. The third-order valence-electron chi connectivity index (χ3n) is 2.00. The van der Waals surface area contributed by atoms with E-state index >= 15 is 0 Å². The number of rotatable bonds is 2. The fourth-order valence-corrected chi connectivity index (χ4v) is 1.55. The summed E-state index contributed by atoms with van der Waals surface area (Å²) in [7, 11) is 0. The molecule has 0 aliphatic heterocycles. The lowest BCUT2D eigenvalue weighted by Crippen LogP contribution is -1.95. The molecule has 0 bridgehead atoms. The predicted octanol–water partition coefficient (Wildman–Crippen LogP) is 2.44. The molecule has 0 radical (unpaired) electrons. The van der Waals surface area contributed by atoms with Crippen LogP contribution < -0.4 is 0 Å². The van der Waals surface area contributed by atoms with Crippen LogP contribution in [0.15, 0.2) is 28.7 Å². The third-order valence-corrected chi connectivity index (χ3v) is 2.53. The fourth-order valence-electron chi connectivity index (χ4n) is 1.29. The van der Waals surface area contributed by atoms with Gasteiger partial charge < -0.3 is 0 Å². The molecule has 0 aliphatic carbocycles. The molecule has 76 valence electrons. The quantitative estimate of drug-likeness (QED) is 0.849. The van der Waals surface area contributed by atoms with Crippen LogP contribution in [0.4, 0.5) is 0 Å². The van der Waals surface area contributed by atoms with Crippen LogP contribution >= 0.6 is 15.9 Å². The first kappa shape index (κ1) is 10.0. The van der Waals surface area contributed by atoms with E-state index in [2.05, 4.69) is 31.3 Å². The molecule has 0 saturated heterocycles. The van der Waals surface area contributed by atoms with Gasteiger partial charge in [-0.05, 0) is 12.1 Å². The molecule has 0 amide bonds. The van der Waals surface area contributed by atoms with Crippen molar-refractivity contribution in [2.24, 2.45) is 0 Å². The molecule has 2 aromatic rings. The maximum absolute atomic E-state index is 11.2. The minimum Gasteiger partial charge on any atom is -0.293 e. The van der Waals surface area contributed by atoms with Crippen molar-refractivity contribution in [3.63, 3.8) is 0 Å². The number of nitrogens with zero attached hydrogens (tertiary/aromatic N) is 2. The number of ketones is 1. The van der Waals surface area contributed by atoms with Gasteiger partial charge in [0, 0.05) is 17.0 Å². The number of halogens is 1. The average Bonchev–Trinajstić information content (AvgIpc) is 2.67. The number of hydrogen-bond acceptors (Lipinski definition) is 3. The van der Waals surface area contributed by atoms with Crippen LogP contribution in [-0.4, -0.2) is 21.2 Å². The van der Waals surface area contributed by atoms with Crippen molar-refractivity contribution in [2.45, 2.75) is 6.92 Å². The second kappa shape index (κ2) is 3.94. The van der Waals surface area contributed by atoms with Gasteiger partial charge in [-0.25, -0.2) is 0 Å². The van der Waals surface area contributed by atoms with Crippen LogP contribution in [-0.2, 0) is 0 Å². The molecular weight excluding hydrogens is 258 g/mol. The molecule has 0 unspecified atom stereocenters. The summed E-state index contributed by atoms with van der Waals surface area (Å²) in [5.74, 6) is -0.0957. The van der Waals surface area contributed by atoms with Gasteiger partial charge in [-0.15, -0.1) is 0 Å². The highest BCUT2D eigenvalue weighted by molar-refractivity contribution is 9.10. The van der Waals surface area contributed by atoms with Gasteiger partial charge in [-0.2, -0.15) is 15.4 Å². The van der Waals surface area contributed by atoms with Gasteiger partial charge in [0.15, 0.2) is 11.5 Å². The van der Waals surface area contributed by atoms with Crippen LogP contribution in [0.2, 0.25) is 0 Å². The van der Waals surface area contributed by atoms with Gasteiger partial charge in [0.25, 0.3) is 0 Å². The van der Waals surface area contributed by atoms with Gasteiger partial charge in [-0.3, -0.25) is 4.79 Å². The lowest BCUT2D eigenvalue weighted by atomic mass is 10.1. The summed E-state index contributed by atoms with van der Waals surface area (Å²) < 4.78 is 0.985. The highest BCUT2D eigenvalue weighted by Crippen LogP contribution is 2.21. The monoisotopic (exact) mass is 265 g/mol. The molecule has 0 aliphatic rings. The number of hydrogen-bond donors (Lipinski definition) is 1. The number of Topliss-reactive ketones (excluding diaryl/α,β-unsaturated/α-hetero) is 1. The van der Waals surface area contributed by atoms with E-state index in [1.165, 1.54) is 6.92 Å². The molecule has 15 heavy (non-hydrogen) atoms. The minimum absolute atomic E-state index is 0.0957. The van der Waals surface area contributed by atoms with Crippen molar-refractivity contribution >= 4 is 21.7 Å². The van der Waals surface area contributed by atoms with Crippen molar-refractivity contribution in [3.8, 4) is 11.3 Å². The zero-order valence-corrected chi connectivity index (χ0v) is 9.58. The summed E-state index contributed by atoms with van der Waals surface area (Å²) in [6.07, 6.45) is 0. The Morgan fingerprint density at radius 2 is 1.93 bits per heavy atom. The van der Waals surface area contributed by atoms with Gasteiger partial charge in [0.2, 0.25) is 0 Å². The highest BCUT2D eigenvalue weighted by Gasteiger charge is 2.13. The van der Waals surface area contributed by atoms with Crippen LogP contribution in [0.3, 0.4) is 0 Å². The van der Waals surface area contributed by atoms with E-state index in [1.54, 1.807) is 0 Å². The Morgan fingerprint density at radius 1 is 1.27 bits per heavy atom. The van der Waals surface area contributed by atoms with E-state index in [1.807, 2.05) is 24.3 Å². The van der Waals surface area contributed by atoms with Gasteiger partial charge in [-0.1, -0.05) is 28.1 Å².